The van der Waals surface area contributed by atoms with Crippen molar-refractivity contribution in [1.82, 2.24) is 19.4 Å². The summed E-state index contributed by atoms with van der Waals surface area (Å²) >= 11 is 0. The number of anilines is 1. The van der Waals surface area contributed by atoms with Gasteiger partial charge in [0.15, 0.2) is 5.82 Å². The topological polar surface area (TPSA) is 54.3 Å². The summed E-state index contributed by atoms with van der Waals surface area (Å²) in [5, 5.41) is 0. The molecular weight excluding hydrogens is 374 g/mol. The fourth-order valence-corrected chi connectivity index (χ4v) is 4.94. The number of carbonyl (C=O) groups is 1. The molecule has 1 spiro atoms. The van der Waals surface area contributed by atoms with Gasteiger partial charge in [0, 0.05) is 43.9 Å². The molecule has 1 atom stereocenters. The number of nitrogens with zero attached hydrogens (tertiary/aromatic N) is 5. The van der Waals surface area contributed by atoms with Crippen molar-refractivity contribution in [3.63, 3.8) is 0 Å². The molecule has 5 rings (SSSR count). The fraction of sp³-hybridized carbons (Fsp3) is 0.375. The van der Waals surface area contributed by atoms with Crippen molar-refractivity contribution in [3.8, 4) is 5.82 Å². The molecule has 0 aliphatic carbocycles. The van der Waals surface area contributed by atoms with E-state index in [1.165, 1.54) is 5.69 Å². The summed E-state index contributed by atoms with van der Waals surface area (Å²) in [6.07, 6.45) is 6.95. The van der Waals surface area contributed by atoms with Crippen molar-refractivity contribution >= 4 is 11.6 Å². The lowest BCUT2D eigenvalue weighted by Gasteiger charge is -2.47. The predicted octanol–water partition coefficient (Wildman–Crippen LogP) is 3.41. The maximum Gasteiger partial charge on any atom is 0.228 e. The molecule has 0 radical (unpaired) electrons. The number of amides is 1. The van der Waals surface area contributed by atoms with Crippen LogP contribution < -0.4 is 4.90 Å². The van der Waals surface area contributed by atoms with E-state index in [9.17, 15) is 4.79 Å². The average molecular weight is 402 g/mol. The molecule has 0 N–H and O–H groups in total. The smallest absolute Gasteiger partial charge is 0.228 e. The highest BCUT2D eigenvalue weighted by atomic mass is 16.2. The molecule has 2 aliphatic heterocycles. The van der Waals surface area contributed by atoms with E-state index in [2.05, 4.69) is 57.7 Å². The third-order valence-electron chi connectivity index (χ3n) is 6.23. The first-order valence-corrected chi connectivity index (χ1v) is 10.7. The van der Waals surface area contributed by atoms with Crippen molar-refractivity contribution in [2.45, 2.75) is 32.2 Å². The summed E-state index contributed by atoms with van der Waals surface area (Å²) in [5.74, 6) is 1.61. The summed E-state index contributed by atoms with van der Waals surface area (Å²) in [7, 11) is 0. The van der Waals surface area contributed by atoms with E-state index in [0.29, 0.717) is 18.9 Å². The van der Waals surface area contributed by atoms with Crippen LogP contribution in [0.2, 0.25) is 0 Å². The molecular formula is C24H27N5O. The molecule has 0 bridgehead atoms. The quantitative estimate of drug-likeness (QED) is 0.672. The zero-order valence-electron chi connectivity index (χ0n) is 17.5. The van der Waals surface area contributed by atoms with E-state index >= 15 is 0 Å². The molecule has 3 aromatic heterocycles. The van der Waals surface area contributed by atoms with Gasteiger partial charge in [0.1, 0.15) is 5.54 Å². The van der Waals surface area contributed by atoms with E-state index in [4.69, 9.17) is 0 Å². The van der Waals surface area contributed by atoms with Crippen molar-refractivity contribution < 1.29 is 4.79 Å². The van der Waals surface area contributed by atoms with Gasteiger partial charge in [-0.3, -0.25) is 9.78 Å². The Bertz CT molecular complexity index is 1060. The van der Waals surface area contributed by atoms with Crippen LogP contribution >= 0.6 is 0 Å². The minimum absolute atomic E-state index is 0.144. The van der Waals surface area contributed by atoms with Crippen molar-refractivity contribution in [2.24, 2.45) is 5.92 Å². The third-order valence-corrected chi connectivity index (χ3v) is 6.23. The Morgan fingerprint density at radius 3 is 2.77 bits per heavy atom. The lowest BCUT2D eigenvalue weighted by molar-refractivity contribution is -0.129. The first-order valence-electron chi connectivity index (χ1n) is 10.7. The van der Waals surface area contributed by atoms with E-state index < -0.39 is 0 Å². The molecule has 0 aromatic carbocycles. The van der Waals surface area contributed by atoms with Crippen LogP contribution in [0.3, 0.4) is 0 Å². The minimum Gasteiger partial charge on any atom is -0.355 e. The lowest BCUT2D eigenvalue weighted by Crippen LogP contribution is -2.54. The van der Waals surface area contributed by atoms with Gasteiger partial charge in [-0.1, -0.05) is 19.9 Å². The normalized spacial score (nSPS) is 20.0. The van der Waals surface area contributed by atoms with Crippen LogP contribution in [0.5, 0.6) is 0 Å². The second-order valence-corrected chi connectivity index (χ2v) is 8.71. The van der Waals surface area contributed by atoms with Gasteiger partial charge >= 0.3 is 0 Å². The molecule has 1 saturated heterocycles. The number of carbonyl (C=O) groups excluding carboxylic acids is 1. The SMILES string of the molecule is CC(C)CN1c2cccnc2-n2cccc2C12CCN(C(=O)Cc1ccccn1)C2. The molecule has 1 amide bonds. The molecule has 2 aliphatic rings. The molecule has 1 fully saturated rings. The van der Waals surface area contributed by atoms with Gasteiger partial charge in [-0.15, -0.1) is 0 Å². The lowest BCUT2D eigenvalue weighted by atomic mass is 9.88. The standard InChI is InChI=1S/C24H27N5O/c1-18(2)16-29-20-8-5-12-26-23(20)28-13-6-9-21(28)24(29)10-14-27(17-24)22(30)15-19-7-3-4-11-25-19/h3-9,11-13,18H,10,14-17H2,1-2H3. The summed E-state index contributed by atoms with van der Waals surface area (Å²) < 4.78 is 2.21. The highest BCUT2D eigenvalue weighted by Crippen LogP contribution is 2.47. The molecule has 1 unspecified atom stereocenters. The second-order valence-electron chi connectivity index (χ2n) is 8.71. The number of pyridine rings is 2. The van der Waals surface area contributed by atoms with E-state index in [0.717, 1.165) is 36.7 Å². The van der Waals surface area contributed by atoms with Crippen molar-refractivity contribution in [2.75, 3.05) is 24.5 Å². The summed E-state index contributed by atoms with van der Waals surface area (Å²) in [4.78, 5) is 26.7. The molecule has 0 saturated carbocycles. The van der Waals surface area contributed by atoms with Gasteiger partial charge in [0.25, 0.3) is 0 Å². The van der Waals surface area contributed by atoms with E-state index in [1.807, 2.05) is 35.4 Å². The van der Waals surface area contributed by atoms with Gasteiger partial charge in [0.05, 0.1) is 17.8 Å². The largest absolute Gasteiger partial charge is 0.355 e. The number of likely N-dealkylation sites (tertiary alicyclic amines) is 1. The minimum atomic E-state index is -0.233. The number of hydrogen-bond acceptors (Lipinski definition) is 4. The summed E-state index contributed by atoms with van der Waals surface area (Å²) in [6, 6.07) is 14.2. The van der Waals surface area contributed by atoms with Gasteiger partial charge in [-0.2, -0.15) is 0 Å². The van der Waals surface area contributed by atoms with Gasteiger partial charge in [-0.05, 0) is 48.7 Å². The van der Waals surface area contributed by atoms with Crippen molar-refractivity contribution in [3.05, 3.63) is 72.4 Å². The molecule has 154 valence electrons. The molecule has 3 aromatic rings. The van der Waals surface area contributed by atoms with Crippen LogP contribution in [-0.4, -0.2) is 45.0 Å². The van der Waals surface area contributed by atoms with Gasteiger partial charge in [-0.25, -0.2) is 4.98 Å². The maximum atomic E-state index is 13.1. The van der Waals surface area contributed by atoms with Crippen LogP contribution in [0.1, 0.15) is 31.7 Å². The Hall–Kier alpha value is -3.15. The first kappa shape index (κ1) is 18.9. The Morgan fingerprint density at radius 1 is 1.10 bits per heavy atom. The van der Waals surface area contributed by atoms with Crippen LogP contribution in [-0.2, 0) is 16.8 Å². The Balaban J connectivity index is 1.51. The number of aromatic nitrogens is 3. The second kappa shape index (κ2) is 7.27. The summed E-state index contributed by atoms with van der Waals surface area (Å²) in [5.41, 5.74) is 2.96. The van der Waals surface area contributed by atoms with E-state index in [-0.39, 0.29) is 11.4 Å². The summed E-state index contributed by atoms with van der Waals surface area (Å²) in [6.45, 7) is 6.85. The Morgan fingerprint density at radius 2 is 1.97 bits per heavy atom. The van der Waals surface area contributed by atoms with Crippen molar-refractivity contribution in [1.29, 1.82) is 0 Å². The highest BCUT2D eigenvalue weighted by Gasteiger charge is 2.50. The van der Waals surface area contributed by atoms with Gasteiger partial charge in [0.2, 0.25) is 5.91 Å². The fourth-order valence-electron chi connectivity index (χ4n) is 4.94. The monoisotopic (exact) mass is 401 g/mol. The first-order chi connectivity index (χ1) is 14.6. The number of fused-ring (bicyclic) bond motifs is 4. The number of hydrogen-bond donors (Lipinski definition) is 0. The Kier molecular flexibility index (Phi) is 4.57. The van der Waals surface area contributed by atoms with Crippen LogP contribution in [0, 0.1) is 5.92 Å². The van der Waals surface area contributed by atoms with Crippen LogP contribution in [0.4, 0.5) is 5.69 Å². The highest BCUT2D eigenvalue weighted by molar-refractivity contribution is 5.79. The Labute approximate surface area is 177 Å². The van der Waals surface area contributed by atoms with Gasteiger partial charge < -0.3 is 14.4 Å². The molecule has 6 nitrogen and oxygen atoms in total. The molecule has 5 heterocycles. The van der Waals surface area contributed by atoms with E-state index in [1.54, 1.807) is 6.20 Å². The molecule has 30 heavy (non-hydrogen) atoms. The predicted molar refractivity (Wildman–Crippen MR) is 117 cm³/mol. The zero-order valence-corrected chi connectivity index (χ0v) is 17.5. The average Bonchev–Trinajstić information content (AvgIpc) is 3.41. The number of rotatable bonds is 4. The molecule has 6 heteroatoms. The zero-order chi connectivity index (χ0) is 20.7. The van der Waals surface area contributed by atoms with Crippen LogP contribution in [0.25, 0.3) is 5.82 Å². The third kappa shape index (κ3) is 2.98. The van der Waals surface area contributed by atoms with Crippen LogP contribution in [0.15, 0.2) is 61.1 Å². The maximum absolute atomic E-state index is 13.1.